The molecule has 1 N–H and O–H groups in total. The van der Waals surface area contributed by atoms with Crippen LogP contribution in [0.1, 0.15) is 5.56 Å². The molecular weight excluding hydrogens is 305 g/mol. The van der Waals surface area contributed by atoms with Crippen LogP contribution in [0.4, 0.5) is 24.8 Å². The van der Waals surface area contributed by atoms with Gasteiger partial charge >= 0.3 is 6.18 Å². The summed E-state index contributed by atoms with van der Waals surface area (Å²) in [4.78, 5) is 12.3. The van der Waals surface area contributed by atoms with Crippen LogP contribution in [0.2, 0.25) is 0 Å². The van der Waals surface area contributed by atoms with E-state index in [9.17, 15) is 13.2 Å². The Hall–Kier alpha value is -2.96. The van der Waals surface area contributed by atoms with Gasteiger partial charge in [0.15, 0.2) is 0 Å². The van der Waals surface area contributed by atoms with E-state index in [1.807, 2.05) is 0 Å². The Morgan fingerprint density at radius 3 is 2.43 bits per heavy atom. The fraction of sp³-hybridized carbons (Fsp3) is 0.0625. The zero-order valence-corrected chi connectivity index (χ0v) is 11.7. The van der Waals surface area contributed by atoms with Gasteiger partial charge in [0.25, 0.3) is 0 Å². The minimum atomic E-state index is -4.39. The van der Waals surface area contributed by atoms with Crippen LogP contribution in [0.25, 0.3) is 11.3 Å². The van der Waals surface area contributed by atoms with Crippen molar-refractivity contribution < 1.29 is 13.2 Å². The van der Waals surface area contributed by atoms with Gasteiger partial charge in [-0.2, -0.15) is 13.2 Å². The molecule has 0 spiro atoms. The standard InChI is InChI=1S/C16H11F3N4/c17-16(18,19)12-2-1-3-13(10-12)22-15-21-9-6-14(23-15)11-4-7-20-8-5-11/h1-10H,(H,21,22,23). The molecule has 4 nitrogen and oxygen atoms in total. The van der Waals surface area contributed by atoms with E-state index in [-0.39, 0.29) is 11.6 Å². The molecule has 0 aliphatic heterocycles. The summed E-state index contributed by atoms with van der Waals surface area (Å²) in [5.74, 6) is 0.221. The number of hydrogen-bond acceptors (Lipinski definition) is 4. The number of anilines is 2. The van der Waals surface area contributed by atoms with Crippen molar-refractivity contribution in [3.05, 3.63) is 66.6 Å². The van der Waals surface area contributed by atoms with Crippen molar-refractivity contribution >= 4 is 11.6 Å². The van der Waals surface area contributed by atoms with E-state index in [0.717, 1.165) is 17.7 Å². The van der Waals surface area contributed by atoms with E-state index >= 15 is 0 Å². The lowest BCUT2D eigenvalue weighted by Gasteiger charge is -2.10. The molecule has 0 aliphatic rings. The molecule has 3 rings (SSSR count). The monoisotopic (exact) mass is 316 g/mol. The lowest BCUT2D eigenvalue weighted by Crippen LogP contribution is -2.05. The van der Waals surface area contributed by atoms with Gasteiger partial charge in [-0.1, -0.05) is 6.07 Å². The van der Waals surface area contributed by atoms with Crippen LogP contribution < -0.4 is 5.32 Å². The predicted molar refractivity (Wildman–Crippen MR) is 80.0 cm³/mol. The highest BCUT2D eigenvalue weighted by atomic mass is 19.4. The van der Waals surface area contributed by atoms with Crippen LogP contribution >= 0.6 is 0 Å². The number of alkyl halides is 3. The summed E-state index contributed by atoms with van der Waals surface area (Å²) in [7, 11) is 0. The van der Waals surface area contributed by atoms with Crippen molar-refractivity contribution in [3.63, 3.8) is 0 Å². The first-order valence-electron chi connectivity index (χ1n) is 6.70. The number of nitrogens with zero attached hydrogens (tertiary/aromatic N) is 3. The van der Waals surface area contributed by atoms with Crippen LogP contribution in [0.3, 0.4) is 0 Å². The summed E-state index contributed by atoms with van der Waals surface area (Å²) in [6, 6.07) is 10.2. The predicted octanol–water partition coefficient (Wildman–Crippen LogP) is 4.30. The Kier molecular flexibility index (Phi) is 3.92. The SMILES string of the molecule is FC(F)(F)c1cccc(Nc2nccc(-c3ccncc3)n2)c1. The van der Waals surface area contributed by atoms with Gasteiger partial charge in [0, 0.05) is 29.8 Å². The average molecular weight is 316 g/mol. The third-order valence-corrected chi connectivity index (χ3v) is 3.08. The molecule has 3 aromatic rings. The largest absolute Gasteiger partial charge is 0.416 e. The molecular formula is C16H11F3N4. The van der Waals surface area contributed by atoms with Crippen molar-refractivity contribution in [2.24, 2.45) is 0 Å². The Balaban J connectivity index is 1.87. The third kappa shape index (κ3) is 3.63. The molecule has 0 atom stereocenters. The van der Waals surface area contributed by atoms with Crippen molar-refractivity contribution in [2.75, 3.05) is 5.32 Å². The summed E-state index contributed by atoms with van der Waals surface area (Å²) in [5, 5.41) is 2.79. The Labute approximate surface area is 130 Å². The minimum Gasteiger partial charge on any atom is -0.324 e. The fourth-order valence-corrected chi connectivity index (χ4v) is 2.00. The summed E-state index contributed by atoms with van der Waals surface area (Å²) < 4.78 is 38.2. The number of halogens is 3. The molecule has 23 heavy (non-hydrogen) atoms. The maximum absolute atomic E-state index is 12.7. The number of benzene rings is 1. The lowest BCUT2D eigenvalue weighted by molar-refractivity contribution is -0.137. The van der Waals surface area contributed by atoms with Crippen LogP contribution in [-0.2, 0) is 6.18 Å². The molecule has 0 unspecified atom stereocenters. The second-order valence-corrected chi connectivity index (χ2v) is 4.70. The molecule has 0 saturated carbocycles. The molecule has 2 heterocycles. The highest BCUT2D eigenvalue weighted by Gasteiger charge is 2.30. The molecule has 1 aromatic carbocycles. The zero-order chi connectivity index (χ0) is 16.3. The van der Waals surface area contributed by atoms with Crippen molar-refractivity contribution in [1.82, 2.24) is 15.0 Å². The van der Waals surface area contributed by atoms with Crippen LogP contribution in [-0.4, -0.2) is 15.0 Å². The number of pyridine rings is 1. The van der Waals surface area contributed by atoms with Crippen molar-refractivity contribution in [3.8, 4) is 11.3 Å². The summed E-state index contributed by atoms with van der Waals surface area (Å²) in [5.41, 5.74) is 1.03. The van der Waals surface area contributed by atoms with E-state index in [1.54, 1.807) is 36.8 Å². The van der Waals surface area contributed by atoms with E-state index in [1.165, 1.54) is 12.1 Å². The van der Waals surface area contributed by atoms with Crippen molar-refractivity contribution in [1.29, 1.82) is 0 Å². The highest BCUT2D eigenvalue weighted by molar-refractivity contribution is 5.61. The lowest BCUT2D eigenvalue weighted by atomic mass is 10.2. The van der Waals surface area contributed by atoms with Gasteiger partial charge in [0.2, 0.25) is 5.95 Å². The molecule has 0 aliphatic carbocycles. The minimum absolute atomic E-state index is 0.221. The molecule has 2 aromatic heterocycles. The normalized spacial score (nSPS) is 11.3. The van der Waals surface area contributed by atoms with Crippen LogP contribution in [0.15, 0.2) is 61.1 Å². The van der Waals surface area contributed by atoms with Crippen LogP contribution in [0, 0.1) is 0 Å². The van der Waals surface area contributed by atoms with Gasteiger partial charge in [-0.3, -0.25) is 4.98 Å². The maximum atomic E-state index is 12.7. The Morgan fingerprint density at radius 2 is 1.70 bits per heavy atom. The van der Waals surface area contributed by atoms with Gasteiger partial charge in [-0.15, -0.1) is 0 Å². The number of nitrogens with one attached hydrogen (secondary N) is 1. The summed E-state index contributed by atoms with van der Waals surface area (Å²) in [6.45, 7) is 0. The highest BCUT2D eigenvalue weighted by Crippen LogP contribution is 2.31. The van der Waals surface area contributed by atoms with Gasteiger partial charge in [0.1, 0.15) is 0 Å². The van der Waals surface area contributed by atoms with E-state index < -0.39 is 11.7 Å². The first kappa shape index (κ1) is 15.0. The molecule has 0 fully saturated rings. The fourth-order valence-electron chi connectivity index (χ4n) is 2.00. The topological polar surface area (TPSA) is 50.7 Å². The number of hydrogen-bond donors (Lipinski definition) is 1. The zero-order valence-electron chi connectivity index (χ0n) is 11.7. The van der Waals surface area contributed by atoms with Crippen molar-refractivity contribution in [2.45, 2.75) is 6.18 Å². The summed E-state index contributed by atoms with van der Waals surface area (Å²) in [6.07, 6.45) is 0.421. The van der Waals surface area contributed by atoms with E-state index in [0.29, 0.717) is 5.69 Å². The second kappa shape index (κ2) is 6.04. The summed E-state index contributed by atoms with van der Waals surface area (Å²) >= 11 is 0. The van der Waals surface area contributed by atoms with Crippen LogP contribution in [0.5, 0.6) is 0 Å². The molecule has 0 radical (unpaired) electrons. The molecule has 7 heteroatoms. The first-order valence-corrected chi connectivity index (χ1v) is 6.70. The molecule has 116 valence electrons. The molecule has 0 bridgehead atoms. The third-order valence-electron chi connectivity index (χ3n) is 3.08. The van der Waals surface area contributed by atoms with E-state index in [2.05, 4.69) is 20.3 Å². The molecule has 0 amide bonds. The second-order valence-electron chi connectivity index (χ2n) is 4.70. The van der Waals surface area contributed by atoms with Gasteiger partial charge < -0.3 is 5.32 Å². The van der Waals surface area contributed by atoms with Gasteiger partial charge in [-0.05, 0) is 36.4 Å². The van der Waals surface area contributed by atoms with Gasteiger partial charge in [-0.25, -0.2) is 9.97 Å². The Morgan fingerprint density at radius 1 is 0.913 bits per heavy atom. The van der Waals surface area contributed by atoms with E-state index in [4.69, 9.17) is 0 Å². The number of aromatic nitrogens is 3. The number of rotatable bonds is 3. The molecule has 0 saturated heterocycles. The maximum Gasteiger partial charge on any atom is 0.416 e. The average Bonchev–Trinajstić information content (AvgIpc) is 2.55. The first-order chi connectivity index (χ1) is 11.0. The van der Waals surface area contributed by atoms with Gasteiger partial charge in [0.05, 0.1) is 11.3 Å². The quantitative estimate of drug-likeness (QED) is 0.782. The smallest absolute Gasteiger partial charge is 0.324 e. The Bertz CT molecular complexity index is 804.